The van der Waals surface area contributed by atoms with Crippen molar-refractivity contribution in [3.05, 3.63) is 156 Å². The number of carbonyl (C=O) groups excluding carboxylic acids is 4. The molecule has 0 radical (unpaired) electrons. The Morgan fingerprint density at radius 1 is 0.673 bits per heavy atom. The first kappa shape index (κ1) is 34.2. The fourth-order valence-corrected chi connectivity index (χ4v) is 5.82. The molecule has 0 heterocycles. The highest BCUT2D eigenvalue weighted by Gasteiger charge is 2.23. The molecule has 1 atom stereocenters. The van der Waals surface area contributed by atoms with Crippen LogP contribution in [-0.2, 0) is 14.4 Å². The predicted molar refractivity (Wildman–Crippen MR) is 194 cm³/mol. The van der Waals surface area contributed by atoms with Crippen LogP contribution in [0.3, 0.4) is 0 Å². The highest BCUT2D eigenvalue weighted by molar-refractivity contribution is 8.00. The van der Waals surface area contributed by atoms with Crippen molar-refractivity contribution in [1.29, 1.82) is 0 Å². The van der Waals surface area contributed by atoms with Crippen LogP contribution in [0.25, 0.3) is 6.08 Å². The van der Waals surface area contributed by atoms with Crippen LogP contribution < -0.4 is 26.0 Å². The molecule has 4 amide bonds. The van der Waals surface area contributed by atoms with Gasteiger partial charge in [-0.05, 0) is 83.9 Å². The van der Waals surface area contributed by atoms with Gasteiger partial charge in [0.25, 0.3) is 11.8 Å². The molecule has 9 nitrogen and oxygen atoms in total. The molecule has 5 aromatic carbocycles. The van der Waals surface area contributed by atoms with Crippen molar-refractivity contribution in [3.63, 3.8) is 0 Å². The Kier molecular flexibility index (Phi) is 11.6. The van der Waals surface area contributed by atoms with Crippen molar-refractivity contribution >= 4 is 58.5 Å². The average Bonchev–Trinajstić information content (AvgIpc) is 3.12. The van der Waals surface area contributed by atoms with E-state index in [0.717, 1.165) is 10.5 Å². The summed E-state index contributed by atoms with van der Waals surface area (Å²) < 4.78 is 5.24. The zero-order chi connectivity index (χ0) is 34.6. The van der Waals surface area contributed by atoms with Gasteiger partial charge in [-0.3, -0.25) is 19.2 Å². The Balaban J connectivity index is 1.35. The van der Waals surface area contributed by atoms with Crippen molar-refractivity contribution in [2.24, 2.45) is 0 Å². The third kappa shape index (κ3) is 9.93. The molecule has 4 N–H and O–H groups in total. The molecule has 1 unspecified atom stereocenters. The summed E-state index contributed by atoms with van der Waals surface area (Å²) in [5.74, 6) is -0.722. The maximum atomic E-state index is 13.6. The van der Waals surface area contributed by atoms with Crippen molar-refractivity contribution in [2.75, 3.05) is 23.1 Å². The number of ether oxygens (including phenoxy) is 1. The first-order chi connectivity index (χ1) is 23.8. The molecule has 5 rings (SSSR count). The monoisotopic (exact) mass is 670 g/mol. The maximum Gasteiger partial charge on any atom is 0.272 e. The molecular weight excluding hydrogens is 637 g/mol. The SMILES string of the molecule is COc1ccc(/C=C(/NC(=O)c2ccccc2)C(=O)Nc2cccc(SC(C(=O)Nc3ccc(NC(C)=O)cc3)c3ccccc3)c2)cc1. The summed E-state index contributed by atoms with van der Waals surface area (Å²) in [6, 6.07) is 39.1. The van der Waals surface area contributed by atoms with Crippen molar-refractivity contribution in [1.82, 2.24) is 5.32 Å². The lowest BCUT2D eigenvalue weighted by Gasteiger charge is -2.18. The van der Waals surface area contributed by atoms with Gasteiger partial charge in [-0.1, -0.05) is 66.7 Å². The molecule has 246 valence electrons. The van der Waals surface area contributed by atoms with Crippen LogP contribution in [0.15, 0.2) is 144 Å². The van der Waals surface area contributed by atoms with E-state index in [-0.39, 0.29) is 17.5 Å². The van der Waals surface area contributed by atoms with Crippen LogP contribution in [0, 0.1) is 0 Å². The highest BCUT2D eigenvalue weighted by atomic mass is 32.2. The van der Waals surface area contributed by atoms with E-state index in [1.54, 1.807) is 110 Å². The van der Waals surface area contributed by atoms with E-state index in [9.17, 15) is 19.2 Å². The molecule has 0 aliphatic heterocycles. The van der Waals surface area contributed by atoms with Gasteiger partial charge in [0.1, 0.15) is 16.7 Å². The van der Waals surface area contributed by atoms with Crippen LogP contribution in [0.5, 0.6) is 5.75 Å². The van der Waals surface area contributed by atoms with Crippen molar-refractivity contribution < 1.29 is 23.9 Å². The minimum Gasteiger partial charge on any atom is -0.497 e. The Hall–Kier alpha value is -6.13. The Morgan fingerprint density at radius 2 is 1.31 bits per heavy atom. The number of anilines is 3. The number of nitrogens with one attached hydrogen (secondary N) is 4. The van der Waals surface area contributed by atoms with Crippen molar-refractivity contribution in [2.45, 2.75) is 17.1 Å². The van der Waals surface area contributed by atoms with Crippen LogP contribution in [0.1, 0.15) is 33.7 Å². The van der Waals surface area contributed by atoms with Crippen LogP contribution in [-0.4, -0.2) is 30.7 Å². The predicted octanol–water partition coefficient (Wildman–Crippen LogP) is 7.54. The number of benzene rings is 5. The molecule has 5 aromatic rings. The Bertz CT molecular complexity index is 1950. The standard InChI is InChI=1S/C39H34N4O5S/c1-26(44)40-30-18-20-31(21-19-30)41-39(47)36(28-10-5-3-6-11-28)49-34-15-9-14-32(25-34)42-38(46)35(24-27-16-22-33(48-2)23-17-27)43-37(45)29-12-7-4-8-13-29/h3-25,36H,1-2H3,(H,40,44)(H,41,47)(H,42,46)(H,43,45)/b35-24+. The van der Waals surface area contributed by atoms with Crippen LogP contribution >= 0.6 is 11.8 Å². The summed E-state index contributed by atoms with van der Waals surface area (Å²) in [7, 11) is 1.57. The summed E-state index contributed by atoms with van der Waals surface area (Å²) in [6.07, 6.45) is 1.59. The maximum absolute atomic E-state index is 13.6. The zero-order valence-electron chi connectivity index (χ0n) is 26.8. The number of methoxy groups -OCH3 is 1. The van der Waals surface area contributed by atoms with E-state index in [1.807, 2.05) is 36.4 Å². The van der Waals surface area contributed by atoms with Gasteiger partial charge >= 0.3 is 0 Å². The van der Waals surface area contributed by atoms with Gasteiger partial charge in [0.15, 0.2) is 0 Å². The van der Waals surface area contributed by atoms with E-state index in [1.165, 1.54) is 18.7 Å². The minimum atomic E-state index is -0.627. The zero-order valence-corrected chi connectivity index (χ0v) is 27.6. The fraction of sp³-hybridized carbons (Fsp3) is 0.0769. The van der Waals surface area contributed by atoms with Gasteiger partial charge < -0.3 is 26.0 Å². The van der Waals surface area contributed by atoms with E-state index < -0.39 is 17.1 Å². The number of rotatable bonds is 12. The van der Waals surface area contributed by atoms with E-state index in [2.05, 4.69) is 21.3 Å². The lowest BCUT2D eigenvalue weighted by Crippen LogP contribution is -2.30. The van der Waals surface area contributed by atoms with Crippen LogP contribution in [0.2, 0.25) is 0 Å². The molecule has 0 aromatic heterocycles. The highest BCUT2D eigenvalue weighted by Crippen LogP contribution is 2.37. The molecule has 0 aliphatic rings. The minimum absolute atomic E-state index is 0.0446. The number of thioether (sulfide) groups is 1. The normalized spacial score (nSPS) is 11.5. The number of amides is 4. The number of hydrogen-bond acceptors (Lipinski definition) is 6. The second kappa shape index (κ2) is 16.6. The van der Waals surface area contributed by atoms with E-state index in [0.29, 0.717) is 33.9 Å². The first-order valence-corrected chi connectivity index (χ1v) is 16.2. The molecule has 0 bridgehead atoms. The lowest BCUT2D eigenvalue weighted by atomic mass is 10.1. The average molecular weight is 671 g/mol. The molecular formula is C39H34N4O5S. The fourth-order valence-electron chi connectivity index (χ4n) is 4.74. The summed E-state index contributed by atoms with van der Waals surface area (Å²) in [4.78, 5) is 52.4. The van der Waals surface area contributed by atoms with E-state index >= 15 is 0 Å². The van der Waals surface area contributed by atoms with Gasteiger partial charge in [0.05, 0.1) is 7.11 Å². The quantitative estimate of drug-likeness (QED) is 0.0803. The van der Waals surface area contributed by atoms with Gasteiger partial charge in [-0.25, -0.2) is 0 Å². The van der Waals surface area contributed by atoms with Gasteiger partial charge in [0.2, 0.25) is 11.8 Å². The lowest BCUT2D eigenvalue weighted by molar-refractivity contribution is -0.116. The Labute approximate surface area is 288 Å². The molecule has 0 saturated carbocycles. The van der Waals surface area contributed by atoms with Gasteiger partial charge in [0, 0.05) is 34.4 Å². The molecule has 49 heavy (non-hydrogen) atoms. The third-order valence-corrected chi connectivity index (χ3v) is 8.36. The van der Waals surface area contributed by atoms with Crippen LogP contribution in [0.4, 0.5) is 17.1 Å². The number of carbonyl (C=O) groups is 4. The third-order valence-electron chi connectivity index (χ3n) is 7.11. The molecule has 0 saturated heterocycles. The second-order valence-corrected chi connectivity index (χ2v) is 12.0. The van der Waals surface area contributed by atoms with E-state index in [4.69, 9.17) is 4.74 Å². The summed E-state index contributed by atoms with van der Waals surface area (Å²) >= 11 is 1.33. The Morgan fingerprint density at radius 3 is 1.94 bits per heavy atom. The largest absolute Gasteiger partial charge is 0.497 e. The topological polar surface area (TPSA) is 126 Å². The summed E-state index contributed by atoms with van der Waals surface area (Å²) in [6.45, 7) is 1.43. The number of hydrogen-bond donors (Lipinski definition) is 4. The second-order valence-electron chi connectivity index (χ2n) is 10.8. The molecule has 0 fully saturated rings. The molecule has 0 spiro atoms. The van der Waals surface area contributed by atoms with Gasteiger partial charge in [-0.15, -0.1) is 11.8 Å². The smallest absolute Gasteiger partial charge is 0.272 e. The van der Waals surface area contributed by atoms with Crippen molar-refractivity contribution in [3.8, 4) is 5.75 Å². The summed E-state index contributed by atoms with van der Waals surface area (Å²) in [5, 5.41) is 10.7. The molecule has 0 aliphatic carbocycles. The first-order valence-electron chi connectivity index (χ1n) is 15.3. The van der Waals surface area contributed by atoms with Gasteiger partial charge in [-0.2, -0.15) is 0 Å². The summed E-state index contributed by atoms with van der Waals surface area (Å²) in [5.41, 5.74) is 3.61. The molecule has 10 heteroatoms.